The Morgan fingerprint density at radius 2 is 1.74 bits per heavy atom. The van der Waals surface area contributed by atoms with E-state index in [0.717, 1.165) is 16.7 Å². The second-order valence-corrected chi connectivity index (χ2v) is 5.16. The summed E-state index contributed by atoms with van der Waals surface area (Å²) >= 11 is 12.4. The Morgan fingerprint density at radius 1 is 1.05 bits per heavy atom. The molecule has 2 rings (SSSR count). The molecule has 0 aliphatic carbocycles. The lowest BCUT2D eigenvalue weighted by atomic mass is 9.96. The first-order valence-electron chi connectivity index (χ1n) is 5.88. The minimum Gasteiger partial charge on any atom is -0.495 e. The summed E-state index contributed by atoms with van der Waals surface area (Å²) in [7, 11) is 1.55. The zero-order chi connectivity index (χ0) is 14.0. The first-order valence-corrected chi connectivity index (χ1v) is 6.64. The lowest BCUT2D eigenvalue weighted by Gasteiger charge is -2.17. The number of hydrogen-bond acceptors (Lipinski definition) is 2. The molecule has 19 heavy (non-hydrogen) atoms. The van der Waals surface area contributed by atoms with Crippen molar-refractivity contribution in [3.63, 3.8) is 0 Å². The highest BCUT2D eigenvalue weighted by atomic mass is 35.5. The molecule has 4 heteroatoms. The smallest absolute Gasteiger partial charge is 0.138 e. The van der Waals surface area contributed by atoms with Crippen LogP contribution in [0.2, 0.25) is 10.0 Å². The monoisotopic (exact) mass is 295 g/mol. The molecule has 2 aromatic rings. The summed E-state index contributed by atoms with van der Waals surface area (Å²) in [5.74, 6) is 0.549. The maximum absolute atomic E-state index is 6.29. The van der Waals surface area contributed by atoms with Crippen LogP contribution >= 0.6 is 23.2 Å². The van der Waals surface area contributed by atoms with Gasteiger partial charge in [-0.05, 0) is 29.7 Å². The van der Waals surface area contributed by atoms with Gasteiger partial charge in [0.2, 0.25) is 0 Å². The Labute approximate surface area is 123 Å². The van der Waals surface area contributed by atoms with Crippen LogP contribution in [0.4, 0.5) is 0 Å². The summed E-state index contributed by atoms with van der Waals surface area (Å²) in [5.41, 5.74) is 9.24. The van der Waals surface area contributed by atoms with E-state index in [4.69, 9.17) is 33.7 Å². The van der Waals surface area contributed by atoms with E-state index in [9.17, 15) is 0 Å². The van der Waals surface area contributed by atoms with Gasteiger partial charge in [-0.1, -0.05) is 47.5 Å². The molecule has 0 spiro atoms. The van der Waals surface area contributed by atoms with E-state index >= 15 is 0 Å². The molecule has 0 saturated carbocycles. The fraction of sp³-hybridized carbons (Fsp3) is 0.200. The van der Waals surface area contributed by atoms with Gasteiger partial charge < -0.3 is 10.5 Å². The van der Waals surface area contributed by atoms with Crippen molar-refractivity contribution >= 4 is 23.2 Å². The number of nitrogens with two attached hydrogens (primary N) is 1. The molecule has 0 aliphatic heterocycles. The van der Waals surface area contributed by atoms with Gasteiger partial charge in [0.25, 0.3) is 0 Å². The van der Waals surface area contributed by atoms with Gasteiger partial charge in [-0.15, -0.1) is 0 Å². The molecule has 1 unspecified atom stereocenters. The van der Waals surface area contributed by atoms with E-state index < -0.39 is 0 Å². The number of hydrogen-bond donors (Lipinski definition) is 1. The molecular weight excluding hydrogens is 281 g/mol. The van der Waals surface area contributed by atoms with E-state index in [2.05, 4.69) is 0 Å². The first-order chi connectivity index (χ1) is 9.04. The molecule has 0 radical (unpaired) electrons. The SMILES string of the molecule is COc1cc(Cl)c(C(N)c2ccccc2C)cc1Cl. The minimum atomic E-state index is -0.308. The summed E-state index contributed by atoms with van der Waals surface area (Å²) in [6.45, 7) is 2.02. The molecule has 0 bridgehead atoms. The number of rotatable bonds is 3. The first kappa shape index (κ1) is 14.2. The van der Waals surface area contributed by atoms with Crippen LogP contribution in [0.3, 0.4) is 0 Å². The Bertz CT molecular complexity index is 599. The molecule has 1 atom stereocenters. The Morgan fingerprint density at radius 3 is 2.37 bits per heavy atom. The summed E-state index contributed by atoms with van der Waals surface area (Å²) in [6.07, 6.45) is 0. The van der Waals surface area contributed by atoms with Crippen molar-refractivity contribution < 1.29 is 4.74 Å². The van der Waals surface area contributed by atoms with E-state index in [1.165, 1.54) is 0 Å². The summed E-state index contributed by atoms with van der Waals surface area (Å²) in [6, 6.07) is 11.1. The average Bonchev–Trinajstić information content (AvgIpc) is 2.40. The predicted octanol–water partition coefficient (Wildman–Crippen LogP) is 4.36. The van der Waals surface area contributed by atoms with Crippen LogP contribution in [-0.4, -0.2) is 7.11 Å². The van der Waals surface area contributed by atoms with E-state index in [1.54, 1.807) is 19.2 Å². The van der Waals surface area contributed by atoms with Gasteiger partial charge in [0, 0.05) is 11.1 Å². The molecule has 0 heterocycles. The summed E-state index contributed by atoms with van der Waals surface area (Å²) in [5, 5.41) is 1.06. The molecule has 0 amide bonds. The molecular formula is C15H15Cl2NO. The van der Waals surface area contributed by atoms with Crippen molar-refractivity contribution in [3.8, 4) is 5.75 Å². The van der Waals surface area contributed by atoms with Gasteiger partial charge in [-0.25, -0.2) is 0 Å². The summed E-state index contributed by atoms with van der Waals surface area (Å²) < 4.78 is 5.13. The van der Waals surface area contributed by atoms with Crippen molar-refractivity contribution in [1.29, 1.82) is 0 Å². The van der Waals surface area contributed by atoms with Crippen molar-refractivity contribution in [2.75, 3.05) is 7.11 Å². The molecule has 100 valence electrons. The number of benzene rings is 2. The van der Waals surface area contributed by atoms with Crippen LogP contribution in [0.25, 0.3) is 0 Å². The van der Waals surface area contributed by atoms with Crippen LogP contribution in [0, 0.1) is 6.92 Å². The van der Waals surface area contributed by atoms with Gasteiger partial charge in [0.1, 0.15) is 5.75 Å². The zero-order valence-electron chi connectivity index (χ0n) is 10.8. The number of methoxy groups -OCH3 is 1. The third-order valence-electron chi connectivity index (χ3n) is 3.13. The van der Waals surface area contributed by atoms with Crippen LogP contribution < -0.4 is 10.5 Å². The van der Waals surface area contributed by atoms with Crippen LogP contribution in [0.5, 0.6) is 5.75 Å². The Balaban J connectivity index is 2.48. The van der Waals surface area contributed by atoms with Crippen molar-refractivity contribution in [2.24, 2.45) is 5.73 Å². The van der Waals surface area contributed by atoms with E-state index in [1.807, 2.05) is 31.2 Å². The van der Waals surface area contributed by atoms with Gasteiger partial charge in [0.05, 0.1) is 18.2 Å². The topological polar surface area (TPSA) is 35.2 Å². The van der Waals surface area contributed by atoms with Crippen molar-refractivity contribution in [1.82, 2.24) is 0 Å². The van der Waals surface area contributed by atoms with Gasteiger partial charge >= 0.3 is 0 Å². The zero-order valence-corrected chi connectivity index (χ0v) is 12.3. The second kappa shape index (κ2) is 5.83. The second-order valence-electron chi connectivity index (χ2n) is 4.34. The van der Waals surface area contributed by atoms with E-state index in [0.29, 0.717) is 15.8 Å². The third-order valence-corrected chi connectivity index (χ3v) is 3.75. The minimum absolute atomic E-state index is 0.308. The highest BCUT2D eigenvalue weighted by Crippen LogP contribution is 2.35. The predicted molar refractivity (Wildman–Crippen MR) is 80.2 cm³/mol. The molecule has 0 aromatic heterocycles. The van der Waals surface area contributed by atoms with Gasteiger partial charge in [0.15, 0.2) is 0 Å². The normalized spacial score (nSPS) is 12.3. The third kappa shape index (κ3) is 2.86. The fourth-order valence-corrected chi connectivity index (χ4v) is 2.56. The van der Waals surface area contributed by atoms with Gasteiger partial charge in [-0.2, -0.15) is 0 Å². The lowest BCUT2D eigenvalue weighted by Crippen LogP contribution is -2.13. The maximum atomic E-state index is 6.29. The number of ether oxygens (including phenoxy) is 1. The van der Waals surface area contributed by atoms with E-state index in [-0.39, 0.29) is 6.04 Å². The molecule has 2 aromatic carbocycles. The average molecular weight is 296 g/mol. The van der Waals surface area contributed by atoms with Gasteiger partial charge in [-0.3, -0.25) is 0 Å². The lowest BCUT2D eigenvalue weighted by molar-refractivity contribution is 0.415. The van der Waals surface area contributed by atoms with Crippen molar-refractivity contribution in [2.45, 2.75) is 13.0 Å². The Hall–Kier alpha value is -1.22. The molecule has 0 saturated heterocycles. The number of halogens is 2. The van der Waals surface area contributed by atoms with Crippen LogP contribution in [0.1, 0.15) is 22.7 Å². The highest BCUT2D eigenvalue weighted by molar-refractivity contribution is 6.34. The quantitative estimate of drug-likeness (QED) is 0.913. The fourth-order valence-electron chi connectivity index (χ4n) is 2.04. The molecule has 0 aliphatic rings. The van der Waals surface area contributed by atoms with Crippen molar-refractivity contribution in [3.05, 3.63) is 63.1 Å². The number of aryl methyl sites for hydroxylation is 1. The Kier molecular flexibility index (Phi) is 4.35. The summed E-state index contributed by atoms with van der Waals surface area (Å²) in [4.78, 5) is 0. The maximum Gasteiger partial charge on any atom is 0.138 e. The largest absolute Gasteiger partial charge is 0.495 e. The van der Waals surface area contributed by atoms with Crippen LogP contribution in [-0.2, 0) is 0 Å². The van der Waals surface area contributed by atoms with Crippen LogP contribution in [0.15, 0.2) is 36.4 Å². The molecule has 2 nitrogen and oxygen atoms in total. The molecule has 2 N–H and O–H groups in total. The highest BCUT2D eigenvalue weighted by Gasteiger charge is 2.16. The standard InChI is InChI=1S/C15H15Cl2NO/c1-9-5-3-4-6-10(9)15(18)11-7-13(17)14(19-2)8-12(11)16/h3-8,15H,18H2,1-2H3. The molecule has 0 fully saturated rings.